The topological polar surface area (TPSA) is 46.3 Å². The van der Waals surface area contributed by atoms with Gasteiger partial charge in [-0.3, -0.25) is 4.79 Å². The highest BCUT2D eigenvalue weighted by Gasteiger charge is 2.33. The quantitative estimate of drug-likeness (QED) is 0.861. The molecule has 1 heterocycles. The zero-order valence-electron chi connectivity index (χ0n) is 12.3. The lowest BCUT2D eigenvalue weighted by Crippen LogP contribution is -2.43. The van der Waals surface area contributed by atoms with E-state index in [9.17, 15) is 9.18 Å². The van der Waals surface area contributed by atoms with Crippen LogP contribution in [-0.4, -0.2) is 23.9 Å². The van der Waals surface area contributed by atoms with Crippen molar-refractivity contribution in [3.05, 3.63) is 29.6 Å². The maximum atomic E-state index is 13.8. The number of benzene rings is 1. The average molecular weight is 278 g/mol. The van der Waals surface area contributed by atoms with Gasteiger partial charge in [-0.25, -0.2) is 4.39 Å². The van der Waals surface area contributed by atoms with Crippen LogP contribution in [0.15, 0.2) is 18.2 Å². The predicted molar refractivity (Wildman–Crippen MR) is 79.0 cm³/mol. The summed E-state index contributed by atoms with van der Waals surface area (Å²) in [6, 6.07) is 4.16. The first kappa shape index (κ1) is 14.8. The van der Waals surface area contributed by atoms with Crippen LogP contribution in [-0.2, 0) is 0 Å². The van der Waals surface area contributed by atoms with Crippen molar-refractivity contribution >= 4 is 11.6 Å². The average Bonchev–Trinajstić information content (AvgIpc) is 2.49. The highest BCUT2D eigenvalue weighted by Crippen LogP contribution is 2.38. The lowest BCUT2D eigenvalue weighted by molar-refractivity contribution is 0.0553. The molecule has 1 amide bonds. The van der Waals surface area contributed by atoms with Gasteiger partial charge in [0.25, 0.3) is 5.91 Å². The molecule has 1 aromatic carbocycles. The molecule has 2 rings (SSSR count). The van der Waals surface area contributed by atoms with E-state index in [1.807, 2.05) is 0 Å². The first-order valence-electron chi connectivity index (χ1n) is 7.35. The summed E-state index contributed by atoms with van der Waals surface area (Å²) in [5.74, 6) is -0.734. The van der Waals surface area contributed by atoms with Crippen LogP contribution in [0.5, 0.6) is 0 Å². The Balaban J connectivity index is 2.10. The van der Waals surface area contributed by atoms with Gasteiger partial charge in [-0.1, -0.05) is 26.7 Å². The Kier molecular flexibility index (Phi) is 4.31. The third kappa shape index (κ3) is 2.79. The smallest absolute Gasteiger partial charge is 0.256 e. The minimum absolute atomic E-state index is 0.0884. The number of anilines is 1. The van der Waals surface area contributed by atoms with Crippen molar-refractivity contribution in [2.24, 2.45) is 5.41 Å². The van der Waals surface area contributed by atoms with Crippen LogP contribution in [0, 0.1) is 11.2 Å². The summed E-state index contributed by atoms with van der Waals surface area (Å²) in [6.45, 7) is 5.82. The second kappa shape index (κ2) is 5.81. The van der Waals surface area contributed by atoms with Gasteiger partial charge >= 0.3 is 0 Å². The number of amides is 1. The van der Waals surface area contributed by atoms with E-state index in [4.69, 9.17) is 5.73 Å². The Labute approximate surface area is 120 Å². The van der Waals surface area contributed by atoms with Crippen LogP contribution < -0.4 is 5.73 Å². The van der Waals surface area contributed by atoms with Gasteiger partial charge in [0.2, 0.25) is 0 Å². The van der Waals surface area contributed by atoms with Crippen molar-refractivity contribution in [2.45, 2.75) is 39.5 Å². The number of hydrogen-bond acceptors (Lipinski definition) is 2. The Morgan fingerprint density at radius 2 is 1.90 bits per heavy atom. The van der Waals surface area contributed by atoms with Gasteiger partial charge in [0.05, 0.1) is 5.56 Å². The lowest BCUT2D eigenvalue weighted by Gasteiger charge is -2.41. The number of rotatable bonds is 3. The fourth-order valence-corrected chi connectivity index (χ4v) is 3.02. The van der Waals surface area contributed by atoms with Crippen LogP contribution in [0.25, 0.3) is 0 Å². The van der Waals surface area contributed by atoms with Crippen molar-refractivity contribution in [1.29, 1.82) is 0 Å². The molecule has 1 aliphatic rings. The molecule has 20 heavy (non-hydrogen) atoms. The first-order chi connectivity index (χ1) is 9.51. The summed E-state index contributed by atoms with van der Waals surface area (Å²) < 4.78 is 13.8. The Bertz CT molecular complexity index is 487. The molecule has 0 atom stereocenters. The van der Waals surface area contributed by atoms with Gasteiger partial charge in [-0.15, -0.1) is 0 Å². The molecule has 0 spiro atoms. The number of nitrogens with two attached hydrogens (primary N) is 1. The lowest BCUT2D eigenvalue weighted by atomic mass is 9.74. The Morgan fingerprint density at radius 1 is 1.30 bits per heavy atom. The molecule has 3 nitrogen and oxygen atoms in total. The minimum Gasteiger partial charge on any atom is -0.399 e. The maximum absolute atomic E-state index is 13.8. The van der Waals surface area contributed by atoms with E-state index < -0.39 is 5.82 Å². The van der Waals surface area contributed by atoms with Gasteiger partial charge in [0, 0.05) is 18.8 Å². The minimum atomic E-state index is -0.494. The molecular weight excluding hydrogens is 255 g/mol. The van der Waals surface area contributed by atoms with E-state index in [1.54, 1.807) is 4.90 Å². The number of piperidine rings is 1. The van der Waals surface area contributed by atoms with Gasteiger partial charge in [-0.05, 0) is 36.5 Å². The van der Waals surface area contributed by atoms with Crippen LogP contribution >= 0.6 is 0 Å². The molecule has 1 aromatic rings. The SMILES string of the molecule is CCC1(CC)CCN(C(=O)c2cc(N)ccc2F)CC1. The largest absolute Gasteiger partial charge is 0.399 e. The molecule has 4 heteroatoms. The number of nitrogen functional groups attached to an aromatic ring is 1. The highest BCUT2D eigenvalue weighted by atomic mass is 19.1. The summed E-state index contributed by atoms with van der Waals surface area (Å²) in [7, 11) is 0. The van der Waals surface area contributed by atoms with E-state index in [0.717, 1.165) is 25.7 Å². The fraction of sp³-hybridized carbons (Fsp3) is 0.562. The van der Waals surface area contributed by atoms with E-state index in [1.165, 1.54) is 18.2 Å². The molecule has 0 saturated carbocycles. The predicted octanol–water partition coefficient (Wildman–Crippen LogP) is 3.45. The zero-order valence-corrected chi connectivity index (χ0v) is 12.3. The summed E-state index contributed by atoms with van der Waals surface area (Å²) in [5, 5.41) is 0. The highest BCUT2D eigenvalue weighted by molar-refractivity contribution is 5.95. The number of carbonyl (C=O) groups is 1. The molecule has 0 radical (unpaired) electrons. The fourth-order valence-electron chi connectivity index (χ4n) is 3.02. The molecule has 0 unspecified atom stereocenters. The number of nitrogens with zero attached hydrogens (tertiary/aromatic N) is 1. The van der Waals surface area contributed by atoms with Crippen molar-refractivity contribution in [2.75, 3.05) is 18.8 Å². The second-order valence-corrected chi connectivity index (χ2v) is 5.74. The van der Waals surface area contributed by atoms with Crippen molar-refractivity contribution in [3.63, 3.8) is 0 Å². The van der Waals surface area contributed by atoms with Gasteiger partial charge in [-0.2, -0.15) is 0 Å². The summed E-state index contributed by atoms with van der Waals surface area (Å²) in [6.07, 6.45) is 4.27. The zero-order chi connectivity index (χ0) is 14.8. The second-order valence-electron chi connectivity index (χ2n) is 5.74. The van der Waals surface area contributed by atoms with Gasteiger partial charge < -0.3 is 10.6 Å². The van der Waals surface area contributed by atoms with Crippen LogP contribution in [0.4, 0.5) is 10.1 Å². The Morgan fingerprint density at radius 3 is 2.45 bits per heavy atom. The third-order valence-corrected chi connectivity index (χ3v) is 4.83. The number of hydrogen-bond donors (Lipinski definition) is 1. The number of likely N-dealkylation sites (tertiary alicyclic amines) is 1. The number of halogens is 1. The van der Waals surface area contributed by atoms with E-state index >= 15 is 0 Å². The molecule has 110 valence electrons. The molecule has 0 aliphatic carbocycles. The summed E-state index contributed by atoms with van der Waals surface area (Å²) in [4.78, 5) is 14.1. The van der Waals surface area contributed by atoms with Crippen LogP contribution in [0.3, 0.4) is 0 Å². The third-order valence-electron chi connectivity index (χ3n) is 4.83. The molecule has 1 aliphatic heterocycles. The van der Waals surface area contributed by atoms with E-state index in [0.29, 0.717) is 24.2 Å². The molecule has 0 aromatic heterocycles. The standard InChI is InChI=1S/C16H23FN2O/c1-3-16(4-2)7-9-19(10-8-16)15(20)13-11-12(18)5-6-14(13)17/h5-6,11H,3-4,7-10,18H2,1-2H3. The van der Waals surface area contributed by atoms with Gasteiger partial charge in [0.1, 0.15) is 5.82 Å². The first-order valence-corrected chi connectivity index (χ1v) is 7.35. The molecule has 0 bridgehead atoms. The van der Waals surface area contributed by atoms with Crippen LogP contribution in [0.2, 0.25) is 0 Å². The van der Waals surface area contributed by atoms with Crippen molar-refractivity contribution in [1.82, 2.24) is 4.90 Å². The molecular formula is C16H23FN2O. The van der Waals surface area contributed by atoms with E-state index in [2.05, 4.69) is 13.8 Å². The Hall–Kier alpha value is -1.58. The summed E-state index contributed by atoms with van der Waals surface area (Å²) >= 11 is 0. The monoisotopic (exact) mass is 278 g/mol. The van der Waals surface area contributed by atoms with E-state index in [-0.39, 0.29) is 11.5 Å². The van der Waals surface area contributed by atoms with Crippen molar-refractivity contribution < 1.29 is 9.18 Å². The van der Waals surface area contributed by atoms with Crippen LogP contribution in [0.1, 0.15) is 49.9 Å². The van der Waals surface area contributed by atoms with Crippen molar-refractivity contribution in [3.8, 4) is 0 Å². The molecule has 2 N–H and O–H groups in total. The van der Waals surface area contributed by atoms with Gasteiger partial charge in [0.15, 0.2) is 0 Å². The number of carbonyl (C=O) groups excluding carboxylic acids is 1. The summed E-state index contributed by atoms with van der Waals surface area (Å²) in [5.41, 5.74) is 6.50. The molecule has 1 saturated heterocycles. The molecule has 1 fully saturated rings. The normalized spacial score (nSPS) is 18.1. The maximum Gasteiger partial charge on any atom is 0.256 e.